The van der Waals surface area contributed by atoms with Crippen molar-refractivity contribution in [3.63, 3.8) is 0 Å². The fourth-order valence-electron chi connectivity index (χ4n) is 2.46. The normalized spacial score (nSPS) is 22.1. The van der Waals surface area contributed by atoms with Crippen LogP contribution in [-0.4, -0.2) is 23.8 Å². The molecule has 0 saturated carbocycles. The predicted octanol–water partition coefficient (Wildman–Crippen LogP) is 2.73. The van der Waals surface area contributed by atoms with E-state index in [2.05, 4.69) is 0 Å². The molecule has 1 aliphatic heterocycles. The zero-order valence-corrected chi connectivity index (χ0v) is 10.1. The van der Waals surface area contributed by atoms with E-state index in [1.54, 1.807) is 0 Å². The number of ether oxygens (including phenoxy) is 1. The van der Waals surface area contributed by atoms with Crippen molar-refractivity contribution < 1.29 is 14.6 Å². The summed E-state index contributed by atoms with van der Waals surface area (Å²) in [5.41, 5.74) is 1.90. The van der Waals surface area contributed by atoms with E-state index in [9.17, 15) is 9.90 Å². The van der Waals surface area contributed by atoms with E-state index in [0.717, 1.165) is 30.4 Å². The summed E-state index contributed by atoms with van der Waals surface area (Å²) in [6.07, 6.45) is 2.75. The van der Waals surface area contributed by atoms with Gasteiger partial charge in [-0.3, -0.25) is 4.79 Å². The van der Waals surface area contributed by atoms with Crippen LogP contribution in [0.1, 0.15) is 36.3 Å². The van der Waals surface area contributed by atoms with Crippen LogP contribution in [0.4, 0.5) is 0 Å². The van der Waals surface area contributed by atoms with Gasteiger partial charge in [0.25, 0.3) is 0 Å². The van der Waals surface area contributed by atoms with Crippen LogP contribution in [0.3, 0.4) is 0 Å². The van der Waals surface area contributed by atoms with Gasteiger partial charge < -0.3 is 9.84 Å². The minimum absolute atomic E-state index is 0.178. The third-order valence-electron chi connectivity index (χ3n) is 3.38. The summed E-state index contributed by atoms with van der Waals surface area (Å²) in [7, 11) is 0. The van der Waals surface area contributed by atoms with E-state index < -0.39 is 11.9 Å². The molecular weight excluding hydrogens is 216 g/mol. The average molecular weight is 234 g/mol. The summed E-state index contributed by atoms with van der Waals surface area (Å²) in [6, 6.07) is 7.67. The molecule has 1 fully saturated rings. The summed E-state index contributed by atoms with van der Waals surface area (Å²) in [5, 5.41) is 9.42. The number of carbonyl (C=O) groups is 1. The highest BCUT2D eigenvalue weighted by Gasteiger charge is 2.32. The lowest BCUT2D eigenvalue weighted by molar-refractivity contribution is -0.144. The van der Waals surface area contributed by atoms with E-state index in [-0.39, 0.29) is 6.10 Å². The van der Waals surface area contributed by atoms with Crippen molar-refractivity contribution in [2.45, 2.75) is 38.2 Å². The Kier molecular flexibility index (Phi) is 3.79. The van der Waals surface area contributed by atoms with Crippen molar-refractivity contribution in [2.24, 2.45) is 0 Å². The largest absolute Gasteiger partial charge is 0.481 e. The number of benzene rings is 1. The molecule has 2 rings (SSSR count). The molecule has 1 saturated heterocycles. The number of aryl methyl sites for hydroxylation is 1. The summed E-state index contributed by atoms with van der Waals surface area (Å²) in [6.45, 7) is 2.63. The SMILES string of the molecule is Cc1ccccc1C(C(=O)O)C1CCCCO1. The fourth-order valence-corrected chi connectivity index (χ4v) is 2.46. The third kappa shape index (κ3) is 2.67. The van der Waals surface area contributed by atoms with Gasteiger partial charge in [-0.1, -0.05) is 24.3 Å². The van der Waals surface area contributed by atoms with E-state index in [4.69, 9.17) is 4.74 Å². The van der Waals surface area contributed by atoms with Crippen LogP contribution >= 0.6 is 0 Å². The Morgan fingerprint density at radius 3 is 2.76 bits per heavy atom. The van der Waals surface area contributed by atoms with E-state index >= 15 is 0 Å². The monoisotopic (exact) mass is 234 g/mol. The summed E-state index contributed by atoms with van der Waals surface area (Å²) in [4.78, 5) is 11.5. The topological polar surface area (TPSA) is 46.5 Å². The van der Waals surface area contributed by atoms with Gasteiger partial charge in [-0.25, -0.2) is 0 Å². The Bertz CT molecular complexity index is 394. The Hall–Kier alpha value is -1.35. The van der Waals surface area contributed by atoms with E-state index in [0.29, 0.717) is 6.61 Å². The summed E-state index contributed by atoms with van der Waals surface area (Å²) < 4.78 is 5.63. The van der Waals surface area contributed by atoms with Gasteiger partial charge >= 0.3 is 5.97 Å². The van der Waals surface area contributed by atoms with E-state index in [1.807, 2.05) is 31.2 Å². The maximum Gasteiger partial charge on any atom is 0.313 e. The maximum absolute atomic E-state index is 11.5. The molecule has 2 unspecified atom stereocenters. The smallest absolute Gasteiger partial charge is 0.313 e. The van der Waals surface area contributed by atoms with Crippen LogP contribution in [0.5, 0.6) is 0 Å². The molecule has 0 bridgehead atoms. The molecule has 0 radical (unpaired) electrons. The fraction of sp³-hybridized carbons (Fsp3) is 0.500. The third-order valence-corrected chi connectivity index (χ3v) is 3.38. The van der Waals surface area contributed by atoms with Crippen molar-refractivity contribution in [3.05, 3.63) is 35.4 Å². The lowest BCUT2D eigenvalue weighted by Crippen LogP contribution is -2.32. The molecular formula is C14H18O3. The minimum Gasteiger partial charge on any atom is -0.481 e. The number of rotatable bonds is 3. The van der Waals surface area contributed by atoms with Crippen LogP contribution in [0.25, 0.3) is 0 Å². The first kappa shape index (κ1) is 12.1. The van der Waals surface area contributed by atoms with Crippen LogP contribution in [-0.2, 0) is 9.53 Å². The minimum atomic E-state index is -0.786. The van der Waals surface area contributed by atoms with Crippen molar-refractivity contribution in [1.82, 2.24) is 0 Å². The van der Waals surface area contributed by atoms with Crippen LogP contribution < -0.4 is 0 Å². The summed E-state index contributed by atoms with van der Waals surface area (Å²) in [5.74, 6) is -1.32. The number of hydrogen-bond donors (Lipinski definition) is 1. The lowest BCUT2D eigenvalue weighted by Gasteiger charge is -2.29. The highest BCUT2D eigenvalue weighted by atomic mass is 16.5. The Morgan fingerprint density at radius 2 is 2.18 bits per heavy atom. The standard InChI is InChI=1S/C14H18O3/c1-10-6-2-3-7-11(10)13(14(15)16)12-8-4-5-9-17-12/h2-3,6-7,12-13H,4-5,8-9H2,1H3,(H,15,16). The van der Waals surface area contributed by atoms with Crippen molar-refractivity contribution in [2.75, 3.05) is 6.61 Å². The molecule has 1 aliphatic rings. The zero-order valence-electron chi connectivity index (χ0n) is 10.1. The number of hydrogen-bond acceptors (Lipinski definition) is 2. The molecule has 17 heavy (non-hydrogen) atoms. The second-order valence-corrected chi connectivity index (χ2v) is 4.58. The molecule has 92 valence electrons. The quantitative estimate of drug-likeness (QED) is 0.874. The lowest BCUT2D eigenvalue weighted by atomic mass is 9.87. The number of carboxylic acids is 1. The highest BCUT2D eigenvalue weighted by molar-refractivity contribution is 5.77. The molecule has 1 aromatic rings. The molecule has 1 aromatic carbocycles. The van der Waals surface area contributed by atoms with Gasteiger partial charge in [0, 0.05) is 6.61 Å². The van der Waals surface area contributed by atoms with Gasteiger partial charge in [-0.05, 0) is 37.3 Å². The zero-order chi connectivity index (χ0) is 12.3. The molecule has 0 amide bonds. The first-order chi connectivity index (χ1) is 8.20. The number of aliphatic carboxylic acids is 1. The van der Waals surface area contributed by atoms with Gasteiger partial charge in [0.1, 0.15) is 5.92 Å². The van der Waals surface area contributed by atoms with Gasteiger partial charge in [0.05, 0.1) is 6.10 Å². The Morgan fingerprint density at radius 1 is 1.41 bits per heavy atom. The molecule has 1 heterocycles. The molecule has 1 N–H and O–H groups in total. The molecule has 0 spiro atoms. The predicted molar refractivity (Wildman–Crippen MR) is 65.1 cm³/mol. The number of carboxylic acid groups (broad SMARTS) is 1. The highest BCUT2D eigenvalue weighted by Crippen LogP contribution is 2.30. The Balaban J connectivity index is 2.28. The van der Waals surface area contributed by atoms with E-state index in [1.165, 1.54) is 0 Å². The molecule has 3 nitrogen and oxygen atoms in total. The molecule has 0 aliphatic carbocycles. The van der Waals surface area contributed by atoms with Crippen LogP contribution in [0.15, 0.2) is 24.3 Å². The summed E-state index contributed by atoms with van der Waals surface area (Å²) >= 11 is 0. The van der Waals surface area contributed by atoms with Crippen LogP contribution in [0.2, 0.25) is 0 Å². The van der Waals surface area contributed by atoms with Gasteiger partial charge in [-0.2, -0.15) is 0 Å². The Labute approximate surface area is 101 Å². The van der Waals surface area contributed by atoms with Crippen molar-refractivity contribution in [1.29, 1.82) is 0 Å². The van der Waals surface area contributed by atoms with Crippen molar-refractivity contribution in [3.8, 4) is 0 Å². The second kappa shape index (κ2) is 5.32. The maximum atomic E-state index is 11.5. The first-order valence-electron chi connectivity index (χ1n) is 6.10. The van der Waals surface area contributed by atoms with Crippen molar-refractivity contribution >= 4 is 5.97 Å². The average Bonchev–Trinajstić information content (AvgIpc) is 2.33. The molecule has 2 atom stereocenters. The van der Waals surface area contributed by atoms with Gasteiger partial charge in [-0.15, -0.1) is 0 Å². The molecule has 0 aromatic heterocycles. The molecule has 3 heteroatoms. The second-order valence-electron chi connectivity index (χ2n) is 4.58. The van der Waals surface area contributed by atoms with Crippen LogP contribution in [0, 0.1) is 6.92 Å². The first-order valence-corrected chi connectivity index (χ1v) is 6.10. The van der Waals surface area contributed by atoms with Gasteiger partial charge in [0.2, 0.25) is 0 Å². The van der Waals surface area contributed by atoms with Gasteiger partial charge in [0.15, 0.2) is 0 Å².